The number of primary amides is 1. The number of nitrogen functional groups attached to an aromatic ring is 1. The van der Waals surface area contributed by atoms with Crippen LogP contribution < -0.4 is 16.8 Å². The fourth-order valence-electron chi connectivity index (χ4n) is 1.21. The van der Waals surface area contributed by atoms with Gasteiger partial charge in [0.2, 0.25) is 0 Å². The smallest absolute Gasteiger partial charge is 0.271 e. The van der Waals surface area contributed by atoms with Gasteiger partial charge in [0.15, 0.2) is 11.5 Å². The van der Waals surface area contributed by atoms with Gasteiger partial charge in [-0.2, -0.15) is 4.37 Å². The van der Waals surface area contributed by atoms with Crippen molar-refractivity contribution in [3.05, 3.63) is 23.7 Å². The molecule has 0 atom stereocenters. The van der Waals surface area contributed by atoms with Crippen molar-refractivity contribution < 1.29 is 4.79 Å². The number of carbonyl (C=O) groups is 1. The highest BCUT2D eigenvalue weighted by molar-refractivity contribution is 7.10. The Kier molecular flexibility index (Phi) is 2.88. The fourth-order valence-corrected chi connectivity index (χ4v) is 1.87. The fraction of sp³-hybridized carbons (Fsp3) is 0.111. The molecule has 17 heavy (non-hydrogen) atoms. The Morgan fingerprint density at radius 3 is 2.88 bits per heavy atom. The lowest BCUT2D eigenvalue weighted by molar-refractivity contribution is 0.0996. The predicted molar refractivity (Wildman–Crippen MR) is 65.1 cm³/mol. The Hall–Kier alpha value is -2.22. The van der Waals surface area contributed by atoms with Crippen LogP contribution in [0.2, 0.25) is 0 Å². The van der Waals surface area contributed by atoms with Crippen LogP contribution in [0.3, 0.4) is 0 Å². The number of anilines is 3. The van der Waals surface area contributed by atoms with Crippen LogP contribution in [0.25, 0.3) is 0 Å². The highest BCUT2D eigenvalue weighted by Gasteiger charge is 2.13. The highest BCUT2D eigenvalue weighted by Crippen LogP contribution is 2.22. The van der Waals surface area contributed by atoms with E-state index in [4.69, 9.17) is 11.5 Å². The number of hydrogen-bond acceptors (Lipinski definition) is 7. The van der Waals surface area contributed by atoms with Crippen LogP contribution >= 0.6 is 11.5 Å². The summed E-state index contributed by atoms with van der Waals surface area (Å²) in [7, 11) is 0. The number of nitrogens with one attached hydrogen (secondary N) is 1. The van der Waals surface area contributed by atoms with Gasteiger partial charge in [-0.25, -0.2) is 9.97 Å². The molecule has 2 heterocycles. The number of aryl methyl sites for hydroxylation is 1. The molecule has 5 N–H and O–H groups in total. The molecule has 8 heteroatoms. The second kappa shape index (κ2) is 4.34. The first-order valence-corrected chi connectivity index (χ1v) is 5.46. The third-order valence-electron chi connectivity index (χ3n) is 1.89. The van der Waals surface area contributed by atoms with Crippen LogP contribution in [0.4, 0.5) is 16.6 Å². The van der Waals surface area contributed by atoms with E-state index in [1.807, 2.05) is 13.0 Å². The summed E-state index contributed by atoms with van der Waals surface area (Å²) in [5.74, 6) is -0.221. The van der Waals surface area contributed by atoms with Crippen molar-refractivity contribution in [1.82, 2.24) is 14.3 Å². The molecular weight excluding hydrogens is 240 g/mol. The molecule has 2 aromatic rings. The van der Waals surface area contributed by atoms with Gasteiger partial charge in [-0.3, -0.25) is 4.79 Å². The zero-order valence-corrected chi connectivity index (χ0v) is 9.78. The Labute approximate surface area is 101 Å². The average Bonchev–Trinajstić information content (AvgIpc) is 2.63. The molecule has 0 fully saturated rings. The molecule has 0 aromatic carbocycles. The van der Waals surface area contributed by atoms with Gasteiger partial charge in [-0.15, -0.1) is 0 Å². The van der Waals surface area contributed by atoms with Crippen molar-refractivity contribution in [3.63, 3.8) is 0 Å². The van der Waals surface area contributed by atoms with Crippen LogP contribution in [0.15, 0.2) is 12.3 Å². The van der Waals surface area contributed by atoms with Crippen molar-refractivity contribution in [3.8, 4) is 0 Å². The Bertz CT molecular complexity index is 566. The minimum atomic E-state index is -0.666. The maximum atomic E-state index is 11.2. The molecule has 0 aliphatic rings. The lowest BCUT2D eigenvalue weighted by Crippen LogP contribution is -2.16. The molecule has 0 bridgehead atoms. The van der Waals surface area contributed by atoms with Gasteiger partial charge in [-0.05, 0) is 24.5 Å². The summed E-state index contributed by atoms with van der Waals surface area (Å²) in [5, 5.41) is 3.66. The van der Waals surface area contributed by atoms with Crippen molar-refractivity contribution in [2.75, 3.05) is 11.1 Å². The molecular formula is C9H10N6OS. The number of amides is 1. The van der Waals surface area contributed by atoms with Gasteiger partial charge < -0.3 is 16.8 Å². The number of hydrogen-bond donors (Lipinski definition) is 3. The summed E-state index contributed by atoms with van der Waals surface area (Å²) in [6.45, 7) is 1.86. The monoisotopic (exact) mass is 250 g/mol. The molecule has 0 unspecified atom stereocenters. The molecule has 2 aromatic heterocycles. The van der Waals surface area contributed by atoms with E-state index in [-0.39, 0.29) is 17.3 Å². The normalized spacial score (nSPS) is 10.2. The van der Waals surface area contributed by atoms with Crippen LogP contribution in [0.1, 0.15) is 16.2 Å². The van der Waals surface area contributed by atoms with Crippen molar-refractivity contribution in [1.29, 1.82) is 0 Å². The van der Waals surface area contributed by atoms with Crippen LogP contribution in [0, 0.1) is 6.92 Å². The molecule has 0 saturated heterocycles. The molecule has 2 rings (SSSR count). The molecule has 0 radical (unpaired) electrons. The van der Waals surface area contributed by atoms with E-state index in [1.165, 1.54) is 17.7 Å². The van der Waals surface area contributed by atoms with Gasteiger partial charge in [0.05, 0.1) is 11.9 Å². The summed E-state index contributed by atoms with van der Waals surface area (Å²) >= 11 is 1.25. The number of nitrogens with two attached hydrogens (primary N) is 2. The van der Waals surface area contributed by atoms with Crippen LogP contribution in [-0.2, 0) is 0 Å². The number of aromatic nitrogens is 3. The van der Waals surface area contributed by atoms with Crippen LogP contribution in [-0.4, -0.2) is 20.2 Å². The second-order valence-corrected chi connectivity index (χ2v) is 4.12. The lowest BCUT2D eigenvalue weighted by atomic mass is 10.3. The van der Waals surface area contributed by atoms with Gasteiger partial charge >= 0.3 is 0 Å². The maximum Gasteiger partial charge on any atom is 0.271 e. The van der Waals surface area contributed by atoms with E-state index in [1.54, 1.807) is 0 Å². The van der Waals surface area contributed by atoms with E-state index in [2.05, 4.69) is 19.7 Å². The minimum absolute atomic E-state index is 0.0465. The van der Waals surface area contributed by atoms with Gasteiger partial charge in [0.1, 0.15) is 10.8 Å². The van der Waals surface area contributed by atoms with Crippen LogP contribution in [0.5, 0.6) is 0 Å². The largest absolute Gasteiger partial charge is 0.382 e. The standard InChI is InChI=1S/C9H10N6OS/c1-4-2-6(17-15-4)14-9-7(8(11)16)12-3-5(10)13-9/h2-3H,1H3,(H2,11,16)(H3,10,13,14). The third-order valence-corrected chi connectivity index (χ3v) is 2.69. The Balaban J connectivity index is 2.37. The van der Waals surface area contributed by atoms with E-state index >= 15 is 0 Å². The predicted octanol–water partition coefficient (Wildman–Crippen LogP) is 0.666. The zero-order valence-electron chi connectivity index (χ0n) is 8.97. The Morgan fingerprint density at radius 1 is 1.53 bits per heavy atom. The van der Waals surface area contributed by atoms with Crippen molar-refractivity contribution in [2.45, 2.75) is 6.92 Å². The summed E-state index contributed by atoms with van der Waals surface area (Å²) in [6.07, 6.45) is 1.28. The molecule has 0 aliphatic carbocycles. The first-order chi connectivity index (χ1) is 8.06. The number of carbonyl (C=O) groups excluding carboxylic acids is 1. The molecule has 0 aliphatic heterocycles. The first kappa shape index (κ1) is 11.3. The van der Waals surface area contributed by atoms with Crippen molar-refractivity contribution in [2.24, 2.45) is 5.73 Å². The summed E-state index contributed by atoms with van der Waals surface area (Å²) in [4.78, 5) is 19.0. The van der Waals surface area contributed by atoms with E-state index in [0.29, 0.717) is 0 Å². The first-order valence-electron chi connectivity index (χ1n) is 4.69. The molecule has 1 amide bonds. The average molecular weight is 250 g/mol. The molecule has 0 spiro atoms. The van der Waals surface area contributed by atoms with E-state index in [9.17, 15) is 4.79 Å². The summed E-state index contributed by atoms with van der Waals surface area (Å²) in [6, 6.07) is 1.82. The molecule has 0 saturated carbocycles. The number of rotatable bonds is 3. The van der Waals surface area contributed by atoms with E-state index in [0.717, 1.165) is 10.7 Å². The third kappa shape index (κ3) is 2.48. The Morgan fingerprint density at radius 2 is 2.29 bits per heavy atom. The topological polar surface area (TPSA) is 120 Å². The quantitative estimate of drug-likeness (QED) is 0.736. The van der Waals surface area contributed by atoms with Gasteiger partial charge in [0, 0.05) is 0 Å². The second-order valence-electron chi connectivity index (χ2n) is 3.31. The summed E-state index contributed by atoms with van der Waals surface area (Å²) in [5.41, 5.74) is 11.6. The van der Waals surface area contributed by atoms with Gasteiger partial charge in [0.25, 0.3) is 5.91 Å². The zero-order chi connectivity index (χ0) is 12.4. The van der Waals surface area contributed by atoms with Crippen molar-refractivity contribution >= 4 is 34.1 Å². The number of nitrogens with zero attached hydrogens (tertiary/aromatic N) is 3. The van der Waals surface area contributed by atoms with E-state index < -0.39 is 5.91 Å². The molecule has 88 valence electrons. The highest BCUT2D eigenvalue weighted by atomic mass is 32.1. The lowest BCUT2D eigenvalue weighted by Gasteiger charge is -2.06. The SMILES string of the molecule is Cc1cc(Nc2nc(N)cnc2C(N)=O)sn1. The van der Waals surface area contributed by atoms with Gasteiger partial charge in [-0.1, -0.05) is 0 Å². The maximum absolute atomic E-state index is 11.2. The summed E-state index contributed by atoms with van der Waals surface area (Å²) < 4.78 is 4.09. The minimum Gasteiger partial charge on any atom is -0.382 e. The molecule has 7 nitrogen and oxygen atoms in total.